The minimum absolute atomic E-state index is 0.141. The molecule has 0 radical (unpaired) electrons. The number of hydrogen-bond donors (Lipinski definition) is 1. The molecule has 0 aromatic heterocycles. The monoisotopic (exact) mass is 537 g/mol. The van der Waals surface area contributed by atoms with Gasteiger partial charge in [-0.25, -0.2) is 0 Å². The highest BCUT2D eigenvalue weighted by atomic mass is 35.5. The van der Waals surface area contributed by atoms with Crippen molar-refractivity contribution in [2.45, 2.75) is 58.4 Å². The molecule has 0 saturated carbocycles. The Morgan fingerprint density at radius 2 is 1.72 bits per heavy atom. The van der Waals surface area contributed by atoms with E-state index in [1.165, 1.54) is 23.1 Å². The lowest BCUT2D eigenvalue weighted by Crippen LogP contribution is -2.42. The zero-order valence-corrected chi connectivity index (χ0v) is 22.2. The Labute approximate surface area is 222 Å². The number of nitrogens with one attached hydrogen (secondary N) is 1. The molecule has 8 nitrogen and oxygen atoms in total. The summed E-state index contributed by atoms with van der Waals surface area (Å²) in [5, 5.41) is 14.4. The van der Waals surface area contributed by atoms with Gasteiger partial charge in [0.15, 0.2) is 0 Å². The first-order valence-corrected chi connectivity index (χ1v) is 13.1. The van der Waals surface area contributed by atoms with Gasteiger partial charge in [0.2, 0.25) is 5.91 Å². The number of anilines is 1. The van der Waals surface area contributed by atoms with Crippen molar-refractivity contribution in [3.05, 3.63) is 63.2 Å². The van der Waals surface area contributed by atoms with Gasteiger partial charge in [0, 0.05) is 35.0 Å². The smallest absolute Gasteiger partial charge is 0.269 e. The number of ether oxygens (including phenoxy) is 1. The van der Waals surface area contributed by atoms with E-state index in [0.717, 1.165) is 32.1 Å². The summed E-state index contributed by atoms with van der Waals surface area (Å²) in [5.74, 6) is -0.698. The summed E-state index contributed by atoms with van der Waals surface area (Å²) in [7, 11) is 0. The molecule has 0 heterocycles. The summed E-state index contributed by atoms with van der Waals surface area (Å²) in [6.07, 6.45) is 5.90. The first-order valence-electron chi connectivity index (χ1n) is 12.1. The van der Waals surface area contributed by atoms with Gasteiger partial charge in [0.1, 0.15) is 17.7 Å². The fraction of sp³-hybridized carbons (Fsp3) is 0.462. The lowest BCUT2D eigenvalue weighted by molar-refractivity contribution is -0.384. The largest absolute Gasteiger partial charge is 0.494 e. The predicted octanol–water partition coefficient (Wildman–Crippen LogP) is 6.75. The van der Waals surface area contributed by atoms with Crippen LogP contribution in [0.5, 0.6) is 5.75 Å². The van der Waals surface area contributed by atoms with Gasteiger partial charge in [-0.15, -0.1) is 11.6 Å². The van der Waals surface area contributed by atoms with Crippen LogP contribution in [-0.4, -0.2) is 40.7 Å². The minimum atomic E-state index is -1.20. The molecular formula is C26H33Cl2N3O5. The Balaban J connectivity index is 2.39. The predicted molar refractivity (Wildman–Crippen MR) is 143 cm³/mol. The van der Waals surface area contributed by atoms with E-state index < -0.39 is 22.8 Å². The Kier molecular flexibility index (Phi) is 12.5. The second-order valence-electron chi connectivity index (χ2n) is 8.30. The molecule has 0 spiro atoms. The molecule has 0 saturated heterocycles. The van der Waals surface area contributed by atoms with Crippen molar-refractivity contribution < 1.29 is 19.2 Å². The van der Waals surface area contributed by atoms with Crippen molar-refractivity contribution in [3.63, 3.8) is 0 Å². The van der Waals surface area contributed by atoms with E-state index in [4.69, 9.17) is 27.9 Å². The van der Waals surface area contributed by atoms with Crippen LogP contribution in [0.1, 0.15) is 64.0 Å². The van der Waals surface area contributed by atoms with Crippen LogP contribution >= 0.6 is 23.2 Å². The molecule has 2 aromatic carbocycles. The maximum Gasteiger partial charge on any atom is 0.269 e. The molecule has 0 aliphatic heterocycles. The number of hydrogen-bond acceptors (Lipinski definition) is 5. The molecule has 0 fully saturated rings. The standard InChI is InChI=1S/C26H33Cl2N3O5/c1-3-5-6-7-8-9-16-30(24(32)18-27)25(22-17-20(31(34)35)12-15-23(22)28)26(33)29-19-10-13-21(14-11-19)36-4-2/h10-15,17,25H,3-9,16,18H2,1-2H3,(H,29,33). The summed E-state index contributed by atoms with van der Waals surface area (Å²) >= 11 is 12.3. The highest BCUT2D eigenvalue weighted by Crippen LogP contribution is 2.33. The van der Waals surface area contributed by atoms with Crippen LogP contribution in [0.2, 0.25) is 5.02 Å². The molecule has 196 valence electrons. The molecule has 2 rings (SSSR count). The first kappa shape index (κ1) is 29.4. The summed E-state index contributed by atoms with van der Waals surface area (Å²) < 4.78 is 5.44. The number of amides is 2. The number of nitro groups is 1. The normalized spacial score (nSPS) is 11.6. The number of rotatable bonds is 15. The zero-order chi connectivity index (χ0) is 26.5. The zero-order valence-electron chi connectivity index (χ0n) is 20.7. The molecule has 1 unspecified atom stereocenters. The van der Waals surface area contributed by atoms with Crippen LogP contribution in [-0.2, 0) is 9.59 Å². The third kappa shape index (κ3) is 8.68. The van der Waals surface area contributed by atoms with E-state index in [9.17, 15) is 19.7 Å². The number of benzene rings is 2. The van der Waals surface area contributed by atoms with Crippen molar-refractivity contribution >= 4 is 46.4 Å². The fourth-order valence-corrected chi connectivity index (χ4v) is 4.23. The topological polar surface area (TPSA) is 102 Å². The maximum atomic E-state index is 13.6. The number of carbonyl (C=O) groups is 2. The molecule has 36 heavy (non-hydrogen) atoms. The lowest BCUT2D eigenvalue weighted by Gasteiger charge is -2.31. The number of nitro benzene ring substituents is 1. The first-order chi connectivity index (χ1) is 17.3. The fourth-order valence-electron chi connectivity index (χ4n) is 3.85. The minimum Gasteiger partial charge on any atom is -0.494 e. The van der Waals surface area contributed by atoms with Gasteiger partial charge in [-0.1, -0.05) is 50.6 Å². The van der Waals surface area contributed by atoms with E-state index >= 15 is 0 Å². The number of unbranched alkanes of at least 4 members (excludes halogenated alkanes) is 5. The van der Waals surface area contributed by atoms with Crippen LogP contribution in [0.25, 0.3) is 0 Å². The highest BCUT2D eigenvalue weighted by molar-refractivity contribution is 6.32. The SMILES string of the molecule is CCCCCCCCN(C(=O)CCl)C(C(=O)Nc1ccc(OCC)cc1)c1cc([N+](=O)[O-])ccc1Cl. The van der Waals surface area contributed by atoms with E-state index in [2.05, 4.69) is 12.2 Å². The van der Waals surface area contributed by atoms with Crippen LogP contribution in [0.3, 0.4) is 0 Å². The number of alkyl halides is 1. The second kappa shape index (κ2) is 15.3. The molecule has 1 atom stereocenters. The average Bonchev–Trinajstić information content (AvgIpc) is 2.86. The van der Waals surface area contributed by atoms with Crippen LogP contribution in [0, 0.1) is 10.1 Å². The second-order valence-corrected chi connectivity index (χ2v) is 8.98. The summed E-state index contributed by atoms with van der Waals surface area (Å²) in [6, 6.07) is 9.44. The quantitative estimate of drug-likeness (QED) is 0.117. The third-order valence-electron chi connectivity index (χ3n) is 5.67. The molecule has 10 heteroatoms. The van der Waals surface area contributed by atoms with E-state index in [0.29, 0.717) is 24.5 Å². The van der Waals surface area contributed by atoms with Crippen LogP contribution in [0.4, 0.5) is 11.4 Å². The van der Waals surface area contributed by atoms with Gasteiger partial charge in [-0.05, 0) is 43.7 Å². The van der Waals surface area contributed by atoms with E-state index in [1.807, 2.05) is 6.92 Å². The molecule has 0 aliphatic rings. The van der Waals surface area contributed by atoms with Crippen molar-refractivity contribution in [1.29, 1.82) is 0 Å². The van der Waals surface area contributed by atoms with Crippen molar-refractivity contribution in [2.75, 3.05) is 24.3 Å². The molecule has 2 aromatic rings. The Morgan fingerprint density at radius 1 is 1.06 bits per heavy atom. The maximum absolute atomic E-state index is 13.6. The summed E-state index contributed by atoms with van der Waals surface area (Å²) in [5.41, 5.74) is 0.415. The van der Waals surface area contributed by atoms with E-state index in [-0.39, 0.29) is 28.7 Å². The summed E-state index contributed by atoms with van der Waals surface area (Å²) in [4.78, 5) is 38.7. The van der Waals surface area contributed by atoms with Gasteiger partial charge in [-0.3, -0.25) is 19.7 Å². The van der Waals surface area contributed by atoms with Crippen LogP contribution in [0.15, 0.2) is 42.5 Å². The Morgan fingerprint density at radius 3 is 2.33 bits per heavy atom. The van der Waals surface area contributed by atoms with Crippen molar-refractivity contribution in [2.24, 2.45) is 0 Å². The highest BCUT2D eigenvalue weighted by Gasteiger charge is 2.33. The number of carbonyl (C=O) groups excluding carboxylic acids is 2. The number of nitrogens with zero attached hydrogens (tertiary/aromatic N) is 2. The number of halogens is 2. The summed E-state index contributed by atoms with van der Waals surface area (Å²) in [6.45, 7) is 4.78. The molecule has 0 bridgehead atoms. The molecule has 0 aliphatic carbocycles. The van der Waals surface area contributed by atoms with Gasteiger partial charge < -0.3 is 15.0 Å². The number of non-ortho nitro benzene ring substituents is 1. The molecule has 1 N–H and O–H groups in total. The van der Waals surface area contributed by atoms with Crippen molar-refractivity contribution in [3.8, 4) is 5.75 Å². The van der Waals surface area contributed by atoms with Crippen LogP contribution < -0.4 is 10.1 Å². The van der Waals surface area contributed by atoms with Crippen molar-refractivity contribution in [1.82, 2.24) is 4.90 Å². The van der Waals surface area contributed by atoms with Gasteiger partial charge in [0.25, 0.3) is 11.6 Å². The van der Waals surface area contributed by atoms with Gasteiger partial charge >= 0.3 is 0 Å². The van der Waals surface area contributed by atoms with Gasteiger partial charge in [-0.2, -0.15) is 0 Å². The Bertz CT molecular complexity index is 1020. The molecular weight excluding hydrogens is 505 g/mol. The lowest BCUT2D eigenvalue weighted by atomic mass is 10.0. The third-order valence-corrected chi connectivity index (χ3v) is 6.24. The van der Waals surface area contributed by atoms with Gasteiger partial charge in [0.05, 0.1) is 11.5 Å². The Hall–Kier alpha value is -2.84. The molecule has 2 amide bonds. The average molecular weight is 538 g/mol. The van der Waals surface area contributed by atoms with E-state index in [1.54, 1.807) is 24.3 Å².